The summed E-state index contributed by atoms with van der Waals surface area (Å²) >= 11 is 0. The second-order valence-corrected chi connectivity index (χ2v) is 7.32. The molecule has 3 atom stereocenters. The lowest BCUT2D eigenvalue weighted by Gasteiger charge is -2.32. The van der Waals surface area contributed by atoms with Gasteiger partial charge in [0, 0.05) is 25.0 Å². The largest absolute Gasteiger partial charge is 0.459 e. The van der Waals surface area contributed by atoms with Gasteiger partial charge in [-0.25, -0.2) is 0 Å². The molecule has 2 N–H and O–H groups in total. The van der Waals surface area contributed by atoms with E-state index in [1.165, 1.54) is 6.26 Å². The van der Waals surface area contributed by atoms with Crippen LogP contribution in [-0.4, -0.2) is 47.9 Å². The smallest absolute Gasteiger partial charge is 0.287 e. The summed E-state index contributed by atoms with van der Waals surface area (Å²) in [6.07, 6.45) is 4.96. The maximum atomic E-state index is 13.5. The first-order valence-electron chi connectivity index (χ1n) is 9.63. The number of hydrogen-bond acceptors (Lipinski definition) is 4. The summed E-state index contributed by atoms with van der Waals surface area (Å²) in [6.45, 7) is 1.76. The first-order valence-corrected chi connectivity index (χ1v) is 9.63. The number of fused-ring (bicyclic) bond motifs is 2. The zero-order valence-corrected chi connectivity index (χ0v) is 15.3. The van der Waals surface area contributed by atoms with Gasteiger partial charge in [-0.05, 0) is 43.5 Å². The van der Waals surface area contributed by atoms with Gasteiger partial charge in [-0.2, -0.15) is 0 Å². The molecule has 3 unspecified atom stereocenters. The van der Waals surface area contributed by atoms with E-state index in [0.717, 1.165) is 37.9 Å². The average Bonchev–Trinajstić information content (AvgIpc) is 3.29. The van der Waals surface area contributed by atoms with Crippen LogP contribution in [-0.2, 0) is 11.2 Å². The van der Waals surface area contributed by atoms with Crippen LogP contribution in [0.15, 0.2) is 53.1 Å². The molecule has 3 heterocycles. The number of hydrogen-bond donors (Lipinski definition) is 2. The fourth-order valence-corrected chi connectivity index (χ4v) is 4.21. The third kappa shape index (κ3) is 3.90. The minimum absolute atomic E-state index is 0.00922. The third-order valence-corrected chi connectivity index (χ3v) is 5.54. The first-order chi connectivity index (χ1) is 13.2. The van der Waals surface area contributed by atoms with E-state index >= 15 is 0 Å². The van der Waals surface area contributed by atoms with Gasteiger partial charge < -0.3 is 20.0 Å². The van der Waals surface area contributed by atoms with Crippen LogP contribution in [0.3, 0.4) is 0 Å². The van der Waals surface area contributed by atoms with Crippen molar-refractivity contribution in [3.05, 3.63) is 60.1 Å². The van der Waals surface area contributed by atoms with Crippen LogP contribution < -0.4 is 10.6 Å². The number of amides is 2. The number of carbonyl (C=O) groups excluding carboxylic acids is 2. The summed E-state index contributed by atoms with van der Waals surface area (Å²) in [5, 5.41) is 6.33. The molecule has 0 radical (unpaired) electrons. The molecule has 2 amide bonds. The Morgan fingerprint density at radius 2 is 1.93 bits per heavy atom. The molecule has 2 aliphatic heterocycles. The van der Waals surface area contributed by atoms with E-state index in [1.54, 1.807) is 12.1 Å². The van der Waals surface area contributed by atoms with E-state index in [2.05, 4.69) is 10.6 Å². The molecule has 1 aromatic carbocycles. The highest BCUT2D eigenvalue weighted by atomic mass is 16.3. The van der Waals surface area contributed by atoms with Crippen LogP contribution >= 0.6 is 0 Å². The normalized spacial score (nSPS) is 22.9. The van der Waals surface area contributed by atoms with Crippen molar-refractivity contribution in [2.45, 2.75) is 43.8 Å². The Morgan fingerprint density at radius 3 is 2.70 bits per heavy atom. The summed E-state index contributed by atoms with van der Waals surface area (Å²) in [7, 11) is 0. The van der Waals surface area contributed by atoms with Crippen molar-refractivity contribution in [1.29, 1.82) is 0 Å². The molecule has 142 valence electrons. The van der Waals surface area contributed by atoms with Crippen LogP contribution in [0.25, 0.3) is 0 Å². The van der Waals surface area contributed by atoms with Crippen molar-refractivity contribution < 1.29 is 14.0 Å². The summed E-state index contributed by atoms with van der Waals surface area (Å²) in [4.78, 5) is 28.1. The van der Waals surface area contributed by atoms with Crippen LogP contribution in [0.5, 0.6) is 0 Å². The Labute approximate surface area is 158 Å². The lowest BCUT2D eigenvalue weighted by atomic mass is 10.0. The maximum Gasteiger partial charge on any atom is 0.287 e. The summed E-state index contributed by atoms with van der Waals surface area (Å²) in [5.74, 6) is -0.120. The second kappa shape index (κ2) is 7.96. The van der Waals surface area contributed by atoms with Crippen LogP contribution in [0.1, 0.15) is 35.4 Å². The highest BCUT2D eigenvalue weighted by molar-refractivity contribution is 5.95. The zero-order valence-electron chi connectivity index (χ0n) is 15.3. The molecule has 4 rings (SSSR count). The Kier molecular flexibility index (Phi) is 5.25. The Bertz CT molecular complexity index is 761. The molecule has 0 aliphatic carbocycles. The maximum absolute atomic E-state index is 13.5. The van der Waals surface area contributed by atoms with Gasteiger partial charge in [0.1, 0.15) is 6.04 Å². The van der Waals surface area contributed by atoms with Crippen LogP contribution in [0, 0.1) is 0 Å². The Morgan fingerprint density at radius 1 is 1.11 bits per heavy atom. The molecule has 2 fully saturated rings. The van der Waals surface area contributed by atoms with Gasteiger partial charge in [0.05, 0.1) is 6.26 Å². The number of nitrogens with zero attached hydrogens (tertiary/aromatic N) is 1. The third-order valence-electron chi connectivity index (χ3n) is 5.54. The van der Waals surface area contributed by atoms with Crippen molar-refractivity contribution in [1.82, 2.24) is 15.5 Å². The molecule has 2 bridgehead atoms. The minimum atomic E-state index is -0.605. The molecular weight excluding hydrogens is 342 g/mol. The lowest BCUT2D eigenvalue weighted by Crippen LogP contribution is -2.53. The molecular formula is C21H25N3O3. The number of rotatable bonds is 5. The molecule has 2 aliphatic rings. The van der Waals surface area contributed by atoms with Gasteiger partial charge in [0.15, 0.2) is 5.76 Å². The van der Waals surface area contributed by atoms with Crippen LogP contribution in [0.4, 0.5) is 0 Å². The van der Waals surface area contributed by atoms with Crippen molar-refractivity contribution >= 4 is 11.8 Å². The number of nitrogens with one attached hydrogen (secondary N) is 2. The van der Waals surface area contributed by atoms with E-state index in [4.69, 9.17) is 4.42 Å². The van der Waals surface area contributed by atoms with Gasteiger partial charge in [-0.15, -0.1) is 0 Å². The molecule has 6 nitrogen and oxygen atoms in total. The lowest BCUT2D eigenvalue weighted by molar-refractivity contribution is -0.135. The topological polar surface area (TPSA) is 74.6 Å². The van der Waals surface area contributed by atoms with Gasteiger partial charge in [-0.3, -0.25) is 9.59 Å². The molecule has 1 aromatic heterocycles. The van der Waals surface area contributed by atoms with Gasteiger partial charge >= 0.3 is 0 Å². The Hall–Kier alpha value is -2.60. The number of furan rings is 1. The minimum Gasteiger partial charge on any atom is -0.459 e. The average molecular weight is 367 g/mol. The Balaban J connectivity index is 1.56. The number of benzene rings is 1. The van der Waals surface area contributed by atoms with Crippen LogP contribution in [0.2, 0.25) is 0 Å². The molecule has 27 heavy (non-hydrogen) atoms. The summed E-state index contributed by atoms with van der Waals surface area (Å²) in [6, 6.07) is 13.0. The van der Waals surface area contributed by atoms with Crippen molar-refractivity contribution in [3.8, 4) is 0 Å². The number of carbonyl (C=O) groups is 2. The highest BCUT2D eigenvalue weighted by Crippen LogP contribution is 2.29. The fraction of sp³-hybridized carbons (Fsp3) is 0.429. The monoisotopic (exact) mass is 367 g/mol. The standard InChI is InChI=1S/C21H25N3O3/c25-20(19-7-4-12-27-19)23-18(13-15-5-2-1-3-6-15)21(26)24-16-8-9-17(24)14-22-11-10-16/h1-7,12,16-18,22H,8-11,13-14H2,(H,23,25). The fourth-order valence-electron chi connectivity index (χ4n) is 4.21. The molecule has 2 aromatic rings. The molecule has 0 spiro atoms. The predicted molar refractivity (Wildman–Crippen MR) is 101 cm³/mol. The highest BCUT2D eigenvalue weighted by Gasteiger charge is 2.41. The van der Waals surface area contributed by atoms with Gasteiger partial charge in [0.2, 0.25) is 5.91 Å². The van der Waals surface area contributed by atoms with E-state index in [1.807, 2.05) is 35.2 Å². The zero-order chi connectivity index (χ0) is 18.6. The van der Waals surface area contributed by atoms with E-state index < -0.39 is 6.04 Å². The summed E-state index contributed by atoms with van der Waals surface area (Å²) in [5.41, 5.74) is 1.02. The van der Waals surface area contributed by atoms with E-state index in [9.17, 15) is 9.59 Å². The quantitative estimate of drug-likeness (QED) is 0.847. The first kappa shape index (κ1) is 17.8. The molecule has 2 saturated heterocycles. The molecule has 6 heteroatoms. The van der Waals surface area contributed by atoms with Crippen molar-refractivity contribution in [2.75, 3.05) is 13.1 Å². The van der Waals surface area contributed by atoms with E-state index in [-0.39, 0.29) is 29.7 Å². The van der Waals surface area contributed by atoms with E-state index in [0.29, 0.717) is 6.42 Å². The van der Waals surface area contributed by atoms with Gasteiger partial charge in [0.25, 0.3) is 5.91 Å². The second-order valence-electron chi connectivity index (χ2n) is 7.32. The predicted octanol–water partition coefficient (Wildman–Crippen LogP) is 1.97. The molecule has 0 saturated carbocycles. The van der Waals surface area contributed by atoms with Crippen molar-refractivity contribution in [2.24, 2.45) is 0 Å². The summed E-state index contributed by atoms with van der Waals surface area (Å²) < 4.78 is 5.20. The van der Waals surface area contributed by atoms with Gasteiger partial charge in [-0.1, -0.05) is 30.3 Å². The van der Waals surface area contributed by atoms with Crippen molar-refractivity contribution in [3.63, 3.8) is 0 Å². The SMILES string of the molecule is O=C(NC(Cc1ccccc1)C(=O)N1C2CCNCC1CC2)c1ccco1.